The van der Waals surface area contributed by atoms with Crippen molar-refractivity contribution in [2.45, 2.75) is 12.8 Å². The standard InChI is InChI=1S/C24H19Cl3N4O3S2/c25-17-10-9-16(19(27)14-17)11-12-28-24(32)22-18(26)7-4-8-21(22)31(36(33)34)23-20(29-35-30-23)13-15-5-2-1-3-6-15/h1-10,14H,11-13H2,(H,28,32)(H,33,34). The van der Waals surface area contributed by atoms with Crippen molar-refractivity contribution in [3.63, 3.8) is 0 Å². The number of carbonyl (C=O) groups is 1. The Balaban J connectivity index is 1.61. The van der Waals surface area contributed by atoms with Crippen LogP contribution < -0.4 is 9.62 Å². The molecule has 4 aromatic rings. The Labute approximate surface area is 229 Å². The molecule has 1 heterocycles. The van der Waals surface area contributed by atoms with E-state index < -0.39 is 17.2 Å². The van der Waals surface area contributed by atoms with Gasteiger partial charge in [0.05, 0.1) is 28.0 Å². The molecule has 0 saturated carbocycles. The predicted molar refractivity (Wildman–Crippen MR) is 146 cm³/mol. The van der Waals surface area contributed by atoms with Crippen molar-refractivity contribution in [2.24, 2.45) is 0 Å². The quantitative estimate of drug-likeness (QED) is 0.225. The van der Waals surface area contributed by atoms with Crippen LogP contribution in [0.5, 0.6) is 0 Å². The van der Waals surface area contributed by atoms with Gasteiger partial charge in [0.1, 0.15) is 5.69 Å². The highest BCUT2D eigenvalue weighted by atomic mass is 35.5. The van der Waals surface area contributed by atoms with Crippen LogP contribution in [0.4, 0.5) is 11.5 Å². The van der Waals surface area contributed by atoms with E-state index in [4.69, 9.17) is 34.8 Å². The highest BCUT2D eigenvalue weighted by Gasteiger charge is 2.28. The van der Waals surface area contributed by atoms with Gasteiger partial charge in [0.15, 0.2) is 5.82 Å². The average Bonchev–Trinajstić information content (AvgIpc) is 3.28. The number of carbonyl (C=O) groups excluding carboxylic acids is 1. The fourth-order valence-electron chi connectivity index (χ4n) is 3.56. The molecule has 0 aliphatic heterocycles. The molecule has 0 bridgehead atoms. The summed E-state index contributed by atoms with van der Waals surface area (Å²) in [5.74, 6) is -0.335. The van der Waals surface area contributed by atoms with Gasteiger partial charge in [0, 0.05) is 23.0 Å². The lowest BCUT2D eigenvalue weighted by Gasteiger charge is -2.22. The second kappa shape index (κ2) is 12.1. The maximum atomic E-state index is 13.2. The highest BCUT2D eigenvalue weighted by molar-refractivity contribution is 7.81. The smallest absolute Gasteiger partial charge is 0.268 e. The molecule has 0 aliphatic carbocycles. The monoisotopic (exact) mass is 580 g/mol. The summed E-state index contributed by atoms with van der Waals surface area (Å²) in [4.78, 5) is 13.2. The van der Waals surface area contributed by atoms with Crippen LogP contribution in [0.1, 0.15) is 27.2 Å². The molecule has 0 saturated heterocycles. The zero-order chi connectivity index (χ0) is 25.7. The molecule has 0 spiro atoms. The Hall–Kier alpha value is -2.53. The minimum atomic E-state index is -2.56. The van der Waals surface area contributed by atoms with Gasteiger partial charge in [0.25, 0.3) is 17.2 Å². The van der Waals surface area contributed by atoms with Gasteiger partial charge in [-0.05, 0) is 41.8 Å². The third-order valence-corrected chi connectivity index (χ3v) is 7.37. The zero-order valence-electron chi connectivity index (χ0n) is 18.5. The minimum Gasteiger partial charge on any atom is -0.352 e. The molecule has 2 N–H and O–H groups in total. The molecule has 186 valence electrons. The molecule has 4 rings (SSSR count). The fraction of sp³-hybridized carbons (Fsp3) is 0.125. The summed E-state index contributed by atoms with van der Waals surface area (Å²) in [5, 5.41) is 3.95. The normalized spacial score (nSPS) is 11.8. The van der Waals surface area contributed by atoms with Gasteiger partial charge in [0.2, 0.25) is 0 Å². The number of aromatic nitrogens is 2. The summed E-state index contributed by atoms with van der Waals surface area (Å²) < 4.78 is 32.4. The Morgan fingerprint density at radius 3 is 2.50 bits per heavy atom. The third-order valence-electron chi connectivity index (χ3n) is 5.23. The summed E-state index contributed by atoms with van der Waals surface area (Å²) in [6, 6.07) is 19.4. The molecule has 12 heteroatoms. The van der Waals surface area contributed by atoms with Crippen LogP contribution >= 0.6 is 46.5 Å². The van der Waals surface area contributed by atoms with Crippen molar-refractivity contribution in [1.29, 1.82) is 0 Å². The first-order valence-corrected chi connectivity index (χ1v) is 13.5. The topological polar surface area (TPSA) is 95.4 Å². The summed E-state index contributed by atoms with van der Waals surface area (Å²) in [5.41, 5.74) is 2.45. The van der Waals surface area contributed by atoms with Crippen molar-refractivity contribution in [1.82, 2.24) is 14.1 Å². The second-order valence-corrected chi connectivity index (χ2v) is 10.2. The van der Waals surface area contributed by atoms with E-state index in [0.717, 1.165) is 27.2 Å². The van der Waals surface area contributed by atoms with E-state index >= 15 is 0 Å². The number of nitrogens with one attached hydrogen (secondary N) is 1. The Bertz CT molecular complexity index is 1400. The van der Waals surface area contributed by atoms with E-state index in [0.29, 0.717) is 28.6 Å². The average molecular weight is 582 g/mol. The van der Waals surface area contributed by atoms with Crippen molar-refractivity contribution >= 4 is 75.2 Å². The van der Waals surface area contributed by atoms with Crippen LogP contribution in [-0.4, -0.2) is 30.0 Å². The van der Waals surface area contributed by atoms with Gasteiger partial charge >= 0.3 is 0 Å². The van der Waals surface area contributed by atoms with Gasteiger partial charge in [-0.2, -0.15) is 8.75 Å². The van der Waals surface area contributed by atoms with Crippen LogP contribution in [0.3, 0.4) is 0 Å². The summed E-state index contributed by atoms with van der Waals surface area (Å²) >= 11 is 16.9. The molecule has 1 amide bonds. The molecule has 3 aromatic carbocycles. The number of amides is 1. The number of anilines is 2. The van der Waals surface area contributed by atoms with E-state index in [1.54, 1.807) is 30.3 Å². The SMILES string of the molecule is O=C(NCCc1ccc(Cl)cc1Cl)c1c(Cl)cccc1N(c1nsnc1Cc1ccccc1)S(=O)O. The van der Waals surface area contributed by atoms with Crippen LogP contribution in [0.2, 0.25) is 15.1 Å². The lowest BCUT2D eigenvalue weighted by Crippen LogP contribution is -2.29. The summed E-state index contributed by atoms with van der Waals surface area (Å²) in [6.07, 6.45) is 0.846. The van der Waals surface area contributed by atoms with Gasteiger partial charge < -0.3 is 5.32 Å². The lowest BCUT2D eigenvalue weighted by molar-refractivity contribution is 0.0955. The number of benzene rings is 3. The highest BCUT2D eigenvalue weighted by Crippen LogP contribution is 2.35. The van der Waals surface area contributed by atoms with Crippen molar-refractivity contribution in [3.8, 4) is 0 Å². The maximum Gasteiger partial charge on any atom is 0.268 e. The number of nitrogens with zero attached hydrogens (tertiary/aromatic N) is 3. The van der Waals surface area contributed by atoms with Gasteiger partial charge in [-0.15, -0.1) is 0 Å². The second-order valence-electron chi connectivity index (χ2n) is 7.60. The van der Waals surface area contributed by atoms with E-state index in [2.05, 4.69) is 14.1 Å². The molecule has 0 radical (unpaired) electrons. The number of hydrogen-bond donors (Lipinski definition) is 2. The first-order valence-electron chi connectivity index (χ1n) is 10.6. The van der Waals surface area contributed by atoms with Crippen LogP contribution in [0, 0.1) is 0 Å². The minimum absolute atomic E-state index is 0.0439. The molecule has 1 atom stereocenters. The van der Waals surface area contributed by atoms with Crippen molar-refractivity contribution in [2.75, 3.05) is 10.8 Å². The number of halogens is 3. The molecular weight excluding hydrogens is 563 g/mol. The Kier molecular flexibility index (Phi) is 8.95. The van der Waals surface area contributed by atoms with E-state index in [-0.39, 0.29) is 28.6 Å². The first kappa shape index (κ1) is 26.5. The fourth-order valence-corrected chi connectivity index (χ4v) is 5.53. The van der Waals surface area contributed by atoms with E-state index in [1.807, 2.05) is 30.3 Å². The van der Waals surface area contributed by atoms with Crippen LogP contribution in [0.25, 0.3) is 0 Å². The van der Waals surface area contributed by atoms with Gasteiger partial charge in [-0.3, -0.25) is 9.35 Å². The first-order chi connectivity index (χ1) is 17.3. The van der Waals surface area contributed by atoms with Gasteiger partial charge in [-0.1, -0.05) is 77.3 Å². The largest absolute Gasteiger partial charge is 0.352 e. The van der Waals surface area contributed by atoms with Crippen molar-refractivity contribution < 1.29 is 13.6 Å². The summed E-state index contributed by atoms with van der Waals surface area (Å²) in [6.45, 7) is 0.255. The van der Waals surface area contributed by atoms with Crippen molar-refractivity contribution in [3.05, 3.63) is 104 Å². The van der Waals surface area contributed by atoms with Crippen LogP contribution in [-0.2, 0) is 24.1 Å². The van der Waals surface area contributed by atoms with Crippen LogP contribution in [0.15, 0.2) is 66.7 Å². The molecule has 7 nitrogen and oxygen atoms in total. The zero-order valence-corrected chi connectivity index (χ0v) is 22.4. The number of rotatable bonds is 9. The molecular formula is C24H19Cl3N4O3S2. The third kappa shape index (κ3) is 6.23. The maximum absolute atomic E-state index is 13.2. The molecule has 36 heavy (non-hydrogen) atoms. The molecule has 1 aromatic heterocycles. The Morgan fingerprint density at radius 1 is 1.00 bits per heavy atom. The Morgan fingerprint density at radius 2 is 1.78 bits per heavy atom. The predicted octanol–water partition coefficient (Wildman–Crippen LogP) is 6.34. The summed E-state index contributed by atoms with van der Waals surface area (Å²) in [7, 11) is 0. The van der Waals surface area contributed by atoms with E-state index in [9.17, 15) is 13.6 Å². The lowest BCUT2D eigenvalue weighted by atomic mass is 10.1. The molecule has 0 aliphatic rings. The van der Waals surface area contributed by atoms with Gasteiger partial charge in [-0.25, -0.2) is 8.51 Å². The molecule has 0 fully saturated rings. The van der Waals surface area contributed by atoms with E-state index in [1.165, 1.54) is 6.07 Å². The molecule has 1 unspecified atom stereocenters. The number of hydrogen-bond acceptors (Lipinski definition) is 5.